The van der Waals surface area contributed by atoms with Crippen LogP contribution in [0.15, 0.2) is 43.0 Å². The molecule has 3 aliphatic rings. The minimum atomic E-state index is -0.0287. The zero-order valence-corrected chi connectivity index (χ0v) is 20.8. The summed E-state index contributed by atoms with van der Waals surface area (Å²) in [4.78, 5) is 18.1. The number of morpholine rings is 1. The van der Waals surface area contributed by atoms with Crippen molar-refractivity contribution in [3.8, 4) is 17.0 Å². The highest BCUT2D eigenvalue weighted by Gasteiger charge is 2.42. The molecule has 3 aliphatic heterocycles. The highest BCUT2D eigenvalue weighted by molar-refractivity contribution is 5.88. The van der Waals surface area contributed by atoms with Crippen LogP contribution < -0.4 is 0 Å². The summed E-state index contributed by atoms with van der Waals surface area (Å²) in [5.41, 5.74) is 4.28. The third-order valence-electron chi connectivity index (χ3n) is 7.83. The number of benzene rings is 1. The van der Waals surface area contributed by atoms with Crippen molar-refractivity contribution in [3.63, 3.8) is 0 Å². The minimum absolute atomic E-state index is 0.0112. The van der Waals surface area contributed by atoms with Gasteiger partial charge < -0.3 is 29.2 Å². The Labute approximate surface area is 215 Å². The third kappa shape index (κ3) is 4.63. The monoisotopic (exact) mass is 504 g/mol. The van der Waals surface area contributed by atoms with Crippen LogP contribution in [0.2, 0.25) is 0 Å². The summed E-state index contributed by atoms with van der Waals surface area (Å²) in [6.45, 7) is 6.72. The van der Waals surface area contributed by atoms with E-state index in [4.69, 9.17) is 14.2 Å². The standard InChI is InChI=1S/C28H32N4O5/c1-2-26(34)32-18-11-17(12-19(32)15-36-14-18)27-21(8-10-37-20-7-9-35-16-20)23-13-24(30-31-28(23)29-27)22-5-3-4-6-25(22)33/h2-6,13,17-20,33H,1,7-12,14-16H2,(H,29,31)/t17?,18-,19+,20-/m0/s1. The Morgan fingerprint density at radius 2 is 2.00 bits per heavy atom. The van der Waals surface area contributed by atoms with Gasteiger partial charge in [0.25, 0.3) is 0 Å². The van der Waals surface area contributed by atoms with Crippen molar-refractivity contribution in [1.29, 1.82) is 0 Å². The maximum atomic E-state index is 12.6. The number of nitrogens with zero attached hydrogens (tertiary/aromatic N) is 3. The van der Waals surface area contributed by atoms with E-state index in [0.717, 1.165) is 54.6 Å². The Kier molecular flexibility index (Phi) is 6.67. The van der Waals surface area contributed by atoms with Crippen LogP contribution in [-0.2, 0) is 25.4 Å². The van der Waals surface area contributed by atoms with Crippen LogP contribution in [0.4, 0.5) is 0 Å². The number of amides is 1. The summed E-state index contributed by atoms with van der Waals surface area (Å²) >= 11 is 0. The Balaban J connectivity index is 1.35. The SMILES string of the molecule is C=CC(=O)N1[C@@H]2COC[C@H]1CC(c1[nH]c3nnc(-c4ccccc4O)cc3c1CCO[C@H]1CCOC1)C2. The lowest BCUT2D eigenvalue weighted by Gasteiger charge is -2.48. The summed E-state index contributed by atoms with van der Waals surface area (Å²) in [5, 5.41) is 20.3. The normalized spacial score (nSPS) is 25.5. The summed E-state index contributed by atoms with van der Waals surface area (Å²) < 4.78 is 17.4. The Morgan fingerprint density at radius 1 is 1.19 bits per heavy atom. The van der Waals surface area contributed by atoms with Crippen molar-refractivity contribution in [2.75, 3.05) is 33.0 Å². The number of aromatic amines is 1. The predicted octanol–water partition coefficient (Wildman–Crippen LogP) is 3.34. The van der Waals surface area contributed by atoms with Crippen molar-refractivity contribution in [3.05, 3.63) is 54.2 Å². The molecule has 3 aromatic rings. The fourth-order valence-corrected chi connectivity index (χ4v) is 6.09. The number of carbonyl (C=O) groups excluding carboxylic acids is 1. The number of para-hydroxylation sites is 1. The summed E-state index contributed by atoms with van der Waals surface area (Å²) in [6, 6.07) is 9.19. The van der Waals surface area contributed by atoms with Gasteiger partial charge in [0.2, 0.25) is 5.91 Å². The minimum Gasteiger partial charge on any atom is -0.507 e. The molecular weight excluding hydrogens is 472 g/mol. The highest BCUT2D eigenvalue weighted by atomic mass is 16.5. The van der Waals surface area contributed by atoms with E-state index >= 15 is 0 Å². The molecule has 4 atom stereocenters. The average molecular weight is 505 g/mol. The molecular formula is C28H32N4O5. The fourth-order valence-electron chi connectivity index (χ4n) is 6.09. The van der Waals surface area contributed by atoms with Gasteiger partial charge in [-0.3, -0.25) is 4.79 Å². The second kappa shape index (κ2) is 10.2. The molecule has 2 N–H and O–H groups in total. The molecule has 3 saturated heterocycles. The molecule has 0 aliphatic carbocycles. The molecule has 3 fully saturated rings. The second-order valence-corrected chi connectivity index (χ2v) is 10.1. The number of piperidine rings is 1. The molecule has 9 nitrogen and oxygen atoms in total. The number of hydrogen-bond acceptors (Lipinski definition) is 7. The number of H-pyrrole nitrogens is 1. The van der Waals surface area contributed by atoms with E-state index in [0.29, 0.717) is 37.7 Å². The van der Waals surface area contributed by atoms with E-state index in [-0.39, 0.29) is 35.8 Å². The lowest BCUT2D eigenvalue weighted by molar-refractivity contribution is -0.146. The van der Waals surface area contributed by atoms with E-state index in [1.165, 1.54) is 6.08 Å². The summed E-state index contributed by atoms with van der Waals surface area (Å²) in [6.07, 6.45) is 4.77. The number of fused-ring (bicyclic) bond motifs is 3. The van der Waals surface area contributed by atoms with Gasteiger partial charge in [-0.25, -0.2) is 0 Å². The number of phenols is 1. The van der Waals surface area contributed by atoms with Gasteiger partial charge in [0, 0.05) is 29.2 Å². The van der Waals surface area contributed by atoms with Crippen molar-refractivity contribution in [2.24, 2.45) is 0 Å². The van der Waals surface area contributed by atoms with Gasteiger partial charge in [0.05, 0.1) is 50.3 Å². The van der Waals surface area contributed by atoms with Gasteiger partial charge in [-0.2, -0.15) is 0 Å². The molecule has 6 rings (SSSR count). The molecule has 1 amide bonds. The number of aromatic nitrogens is 3. The number of rotatable bonds is 7. The molecule has 2 bridgehead atoms. The maximum Gasteiger partial charge on any atom is 0.246 e. The van der Waals surface area contributed by atoms with E-state index in [1.54, 1.807) is 12.1 Å². The highest BCUT2D eigenvalue weighted by Crippen LogP contribution is 2.41. The van der Waals surface area contributed by atoms with Crippen LogP contribution >= 0.6 is 0 Å². The van der Waals surface area contributed by atoms with Crippen LogP contribution in [0.1, 0.15) is 36.4 Å². The lowest BCUT2D eigenvalue weighted by atomic mass is 9.81. The second-order valence-electron chi connectivity index (χ2n) is 10.1. The number of phenolic OH excluding ortho intramolecular Hbond substituents is 1. The Bertz CT molecular complexity index is 1290. The lowest BCUT2D eigenvalue weighted by Crippen LogP contribution is -2.58. The smallest absolute Gasteiger partial charge is 0.246 e. The fraction of sp³-hybridized carbons (Fsp3) is 0.464. The molecule has 9 heteroatoms. The van der Waals surface area contributed by atoms with Crippen LogP contribution in [0.5, 0.6) is 5.75 Å². The molecule has 1 unspecified atom stereocenters. The molecule has 0 radical (unpaired) electrons. The third-order valence-corrected chi connectivity index (χ3v) is 7.83. The van der Waals surface area contributed by atoms with Crippen LogP contribution in [0.3, 0.4) is 0 Å². The molecule has 5 heterocycles. The van der Waals surface area contributed by atoms with E-state index in [2.05, 4.69) is 21.8 Å². The largest absolute Gasteiger partial charge is 0.507 e. The number of carbonyl (C=O) groups is 1. The topological polar surface area (TPSA) is 110 Å². The average Bonchev–Trinajstić information content (AvgIpc) is 3.56. The van der Waals surface area contributed by atoms with Gasteiger partial charge >= 0.3 is 0 Å². The first-order valence-electron chi connectivity index (χ1n) is 13.0. The van der Waals surface area contributed by atoms with Gasteiger partial charge in [0.15, 0.2) is 5.65 Å². The molecule has 1 aromatic carbocycles. The first kappa shape index (κ1) is 24.1. The van der Waals surface area contributed by atoms with Gasteiger partial charge in [-0.15, -0.1) is 10.2 Å². The van der Waals surface area contributed by atoms with E-state index in [1.807, 2.05) is 23.1 Å². The van der Waals surface area contributed by atoms with Crippen molar-refractivity contribution >= 4 is 16.9 Å². The van der Waals surface area contributed by atoms with Gasteiger partial charge in [-0.1, -0.05) is 18.7 Å². The van der Waals surface area contributed by atoms with E-state index in [9.17, 15) is 9.90 Å². The number of ether oxygens (including phenoxy) is 3. The van der Waals surface area contributed by atoms with Crippen molar-refractivity contribution < 1.29 is 24.1 Å². The number of hydrogen-bond donors (Lipinski definition) is 2. The van der Waals surface area contributed by atoms with Crippen molar-refractivity contribution in [2.45, 2.75) is 49.8 Å². The van der Waals surface area contributed by atoms with Crippen LogP contribution in [-0.4, -0.2) is 82.3 Å². The Hall–Kier alpha value is -3.27. The van der Waals surface area contributed by atoms with E-state index < -0.39 is 0 Å². The maximum absolute atomic E-state index is 12.6. The first-order chi connectivity index (χ1) is 18.1. The summed E-state index contributed by atoms with van der Waals surface area (Å²) in [7, 11) is 0. The number of nitrogens with one attached hydrogen (secondary N) is 1. The molecule has 0 spiro atoms. The number of aromatic hydroxyl groups is 1. The predicted molar refractivity (Wildman–Crippen MR) is 137 cm³/mol. The molecule has 37 heavy (non-hydrogen) atoms. The Morgan fingerprint density at radius 3 is 2.73 bits per heavy atom. The molecule has 194 valence electrons. The quantitative estimate of drug-likeness (QED) is 0.475. The zero-order chi connectivity index (χ0) is 25.4. The molecule has 0 saturated carbocycles. The molecule has 2 aromatic heterocycles. The van der Waals surface area contributed by atoms with Crippen LogP contribution in [0, 0.1) is 0 Å². The van der Waals surface area contributed by atoms with Gasteiger partial charge in [-0.05, 0) is 55.5 Å². The van der Waals surface area contributed by atoms with Crippen molar-refractivity contribution in [1.82, 2.24) is 20.1 Å². The zero-order valence-electron chi connectivity index (χ0n) is 20.8. The summed E-state index contributed by atoms with van der Waals surface area (Å²) in [5.74, 6) is 0.365. The van der Waals surface area contributed by atoms with Gasteiger partial charge in [0.1, 0.15) is 5.75 Å². The first-order valence-corrected chi connectivity index (χ1v) is 13.0. The van der Waals surface area contributed by atoms with Crippen LogP contribution in [0.25, 0.3) is 22.3 Å².